The number of hydrogen-bond donors (Lipinski definition) is 1. The molecule has 1 N–H and O–H groups in total. The van der Waals surface area contributed by atoms with Crippen LogP contribution in [0.5, 0.6) is 5.75 Å². The topological polar surface area (TPSA) is 66.8 Å². The van der Waals surface area contributed by atoms with Gasteiger partial charge in [-0.1, -0.05) is 13.3 Å². The molecule has 1 aliphatic heterocycles. The van der Waals surface area contributed by atoms with Gasteiger partial charge >= 0.3 is 5.97 Å². The van der Waals surface area contributed by atoms with Crippen molar-refractivity contribution in [3.05, 3.63) is 29.8 Å². The van der Waals surface area contributed by atoms with Crippen molar-refractivity contribution in [1.29, 1.82) is 0 Å². The van der Waals surface area contributed by atoms with Gasteiger partial charge in [0.1, 0.15) is 11.3 Å². The summed E-state index contributed by atoms with van der Waals surface area (Å²) in [6.07, 6.45) is 3.27. The zero-order chi connectivity index (χ0) is 16.2. The van der Waals surface area contributed by atoms with Crippen molar-refractivity contribution in [2.24, 2.45) is 0 Å². The van der Waals surface area contributed by atoms with Crippen LogP contribution in [0.4, 0.5) is 0 Å². The minimum Gasteiger partial charge on any atom is -0.494 e. The number of hydrogen-bond acceptors (Lipinski definition) is 3. The first-order valence-electron chi connectivity index (χ1n) is 7.77. The van der Waals surface area contributed by atoms with Crippen molar-refractivity contribution in [2.75, 3.05) is 13.2 Å². The van der Waals surface area contributed by atoms with E-state index in [2.05, 4.69) is 6.92 Å². The van der Waals surface area contributed by atoms with Crippen LogP contribution in [0.1, 0.15) is 49.9 Å². The number of amides is 1. The molecular weight excluding hydrogens is 282 g/mol. The predicted molar refractivity (Wildman–Crippen MR) is 83.2 cm³/mol. The van der Waals surface area contributed by atoms with E-state index < -0.39 is 11.5 Å². The van der Waals surface area contributed by atoms with Gasteiger partial charge in [-0.25, -0.2) is 4.79 Å². The van der Waals surface area contributed by atoms with E-state index in [0.717, 1.165) is 18.6 Å². The average molecular weight is 305 g/mol. The van der Waals surface area contributed by atoms with Crippen molar-refractivity contribution >= 4 is 11.9 Å². The number of benzene rings is 1. The largest absolute Gasteiger partial charge is 0.494 e. The lowest BCUT2D eigenvalue weighted by Crippen LogP contribution is -2.50. The molecule has 0 spiro atoms. The number of carboxylic acids is 1. The summed E-state index contributed by atoms with van der Waals surface area (Å²) >= 11 is 0. The Bertz CT molecular complexity index is 540. The standard InChI is InChI=1S/C17H23NO4/c1-3-4-12-22-14-8-6-13(7-9-14)15(19)18-11-5-10-17(18,2)16(20)21/h6-9H,3-5,10-12H2,1-2H3,(H,20,21). The summed E-state index contributed by atoms with van der Waals surface area (Å²) in [5.41, 5.74) is -0.606. The molecule has 5 nitrogen and oxygen atoms in total. The van der Waals surface area contributed by atoms with Gasteiger partial charge in [0.2, 0.25) is 0 Å². The summed E-state index contributed by atoms with van der Waals surface area (Å²) in [6, 6.07) is 6.92. The zero-order valence-electron chi connectivity index (χ0n) is 13.2. The van der Waals surface area contributed by atoms with Gasteiger partial charge in [-0.15, -0.1) is 0 Å². The Balaban J connectivity index is 2.08. The van der Waals surface area contributed by atoms with Gasteiger partial charge in [0.15, 0.2) is 0 Å². The number of carbonyl (C=O) groups excluding carboxylic acids is 1. The second-order valence-corrected chi connectivity index (χ2v) is 5.87. The normalized spacial score (nSPS) is 20.9. The van der Waals surface area contributed by atoms with Crippen LogP contribution in [0, 0.1) is 0 Å². The number of aliphatic carboxylic acids is 1. The highest BCUT2D eigenvalue weighted by Crippen LogP contribution is 2.31. The molecule has 0 aromatic heterocycles. The van der Waals surface area contributed by atoms with Crippen molar-refractivity contribution in [1.82, 2.24) is 4.90 Å². The number of likely N-dealkylation sites (tertiary alicyclic amines) is 1. The number of rotatable bonds is 6. The number of ether oxygens (including phenoxy) is 1. The van der Waals surface area contributed by atoms with Crippen LogP contribution >= 0.6 is 0 Å². The van der Waals surface area contributed by atoms with Gasteiger partial charge in [-0.05, 0) is 50.5 Å². The lowest BCUT2D eigenvalue weighted by molar-refractivity contribution is -0.147. The Morgan fingerprint density at radius 1 is 1.32 bits per heavy atom. The third-order valence-corrected chi connectivity index (χ3v) is 4.21. The van der Waals surface area contributed by atoms with Crippen LogP contribution in [0.3, 0.4) is 0 Å². The summed E-state index contributed by atoms with van der Waals surface area (Å²) in [7, 11) is 0. The van der Waals surface area contributed by atoms with E-state index in [4.69, 9.17) is 4.74 Å². The third-order valence-electron chi connectivity index (χ3n) is 4.21. The maximum Gasteiger partial charge on any atom is 0.329 e. The monoisotopic (exact) mass is 305 g/mol. The van der Waals surface area contributed by atoms with Crippen molar-refractivity contribution in [2.45, 2.75) is 45.1 Å². The Kier molecular flexibility index (Phi) is 5.06. The van der Waals surface area contributed by atoms with Crippen LogP contribution in [0.2, 0.25) is 0 Å². The first-order chi connectivity index (χ1) is 10.5. The molecule has 0 bridgehead atoms. The molecule has 0 saturated carbocycles. The molecule has 0 radical (unpaired) electrons. The van der Waals surface area contributed by atoms with E-state index in [0.29, 0.717) is 31.6 Å². The summed E-state index contributed by atoms with van der Waals surface area (Å²) in [6.45, 7) is 4.85. The molecule has 1 atom stereocenters. The zero-order valence-corrected chi connectivity index (χ0v) is 13.2. The Morgan fingerprint density at radius 2 is 2.00 bits per heavy atom. The van der Waals surface area contributed by atoms with Crippen LogP contribution in [-0.2, 0) is 4.79 Å². The highest BCUT2D eigenvalue weighted by atomic mass is 16.5. The smallest absolute Gasteiger partial charge is 0.329 e. The minimum absolute atomic E-state index is 0.234. The first kappa shape index (κ1) is 16.3. The molecule has 1 heterocycles. The van der Waals surface area contributed by atoms with E-state index in [1.165, 1.54) is 4.90 Å². The van der Waals surface area contributed by atoms with Gasteiger partial charge < -0.3 is 14.7 Å². The fourth-order valence-corrected chi connectivity index (χ4v) is 2.70. The molecular formula is C17H23NO4. The Morgan fingerprint density at radius 3 is 2.59 bits per heavy atom. The highest BCUT2D eigenvalue weighted by molar-refractivity contribution is 5.98. The average Bonchev–Trinajstić information content (AvgIpc) is 2.91. The van der Waals surface area contributed by atoms with E-state index in [1.54, 1.807) is 31.2 Å². The third kappa shape index (κ3) is 3.24. The van der Waals surface area contributed by atoms with E-state index >= 15 is 0 Å². The van der Waals surface area contributed by atoms with E-state index in [1.807, 2.05) is 0 Å². The lowest BCUT2D eigenvalue weighted by atomic mass is 9.98. The van der Waals surface area contributed by atoms with Gasteiger partial charge in [-0.3, -0.25) is 4.79 Å². The fourth-order valence-electron chi connectivity index (χ4n) is 2.70. The summed E-state index contributed by atoms with van der Waals surface area (Å²) in [5.74, 6) is -0.451. The number of unbranched alkanes of at least 4 members (excludes halogenated alkanes) is 1. The molecule has 2 rings (SSSR count). The molecule has 1 amide bonds. The predicted octanol–water partition coefficient (Wildman–Crippen LogP) is 2.94. The Labute approximate surface area is 130 Å². The maximum absolute atomic E-state index is 12.6. The first-order valence-corrected chi connectivity index (χ1v) is 7.77. The Hall–Kier alpha value is -2.04. The molecule has 5 heteroatoms. The summed E-state index contributed by atoms with van der Waals surface area (Å²) < 4.78 is 5.57. The van der Waals surface area contributed by atoms with Gasteiger partial charge in [0, 0.05) is 12.1 Å². The summed E-state index contributed by atoms with van der Waals surface area (Å²) in [4.78, 5) is 25.5. The van der Waals surface area contributed by atoms with Gasteiger partial charge in [0.05, 0.1) is 6.61 Å². The van der Waals surface area contributed by atoms with Gasteiger partial charge in [0.25, 0.3) is 5.91 Å². The van der Waals surface area contributed by atoms with Crippen LogP contribution in [0.25, 0.3) is 0 Å². The summed E-state index contributed by atoms with van der Waals surface area (Å²) in [5, 5.41) is 9.39. The SMILES string of the molecule is CCCCOc1ccc(C(=O)N2CCCC2(C)C(=O)O)cc1. The molecule has 1 unspecified atom stereocenters. The molecule has 1 aliphatic rings. The number of nitrogens with zero attached hydrogens (tertiary/aromatic N) is 1. The molecule has 120 valence electrons. The second kappa shape index (κ2) is 6.81. The number of carbonyl (C=O) groups is 2. The van der Waals surface area contributed by atoms with E-state index in [9.17, 15) is 14.7 Å². The molecule has 1 aromatic rings. The van der Waals surface area contributed by atoms with Crippen LogP contribution < -0.4 is 4.74 Å². The van der Waals surface area contributed by atoms with Crippen LogP contribution in [-0.4, -0.2) is 40.6 Å². The molecule has 22 heavy (non-hydrogen) atoms. The van der Waals surface area contributed by atoms with Crippen molar-refractivity contribution in [3.63, 3.8) is 0 Å². The van der Waals surface area contributed by atoms with Crippen molar-refractivity contribution in [3.8, 4) is 5.75 Å². The molecule has 1 saturated heterocycles. The van der Waals surface area contributed by atoms with Crippen molar-refractivity contribution < 1.29 is 19.4 Å². The number of carboxylic acid groups (broad SMARTS) is 1. The maximum atomic E-state index is 12.6. The molecule has 0 aliphatic carbocycles. The minimum atomic E-state index is -1.10. The fraction of sp³-hybridized carbons (Fsp3) is 0.529. The van der Waals surface area contributed by atoms with E-state index in [-0.39, 0.29) is 5.91 Å². The second-order valence-electron chi connectivity index (χ2n) is 5.87. The lowest BCUT2D eigenvalue weighted by Gasteiger charge is -2.31. The molecule has 1 fully saturated rings. The highest BCUT2D eigenvalue weighted by Gasteiger charge is 2.46. The van der Waals surface area contributed by atoms with Crippen LogP contribution in [0.15, 0.2) is 24.3 Å². The van der Waals surface area contributed by atoms with Gasteiger partial charge in [-0.2, -0.15) is 0 Å². The molecule has 1 aromatic carbocycles. The quantitative estimate of drug-likeness (QED) is 0.821.